The molecule has 18 heavy (non-hydrogen) atoms. The van der Waals surface area contributed by atoms with Gasteiger partial charge < -0.3 is 4.90 Å². The molecule has 3 rings (SSSR count). The van der Waals surface area contributed by atoms with Crippen LogP contribution in [0.1, 0.15) is 49.4 Å². The first-order valence-electron chi connectivity index (χ1n) is 7.14. The van der Waals surface area contributed by atoms with Crippen molar-refractivity contribution < 1.29 is 4.79 Å². The van der Waals surface area contributed by atoms with E-state index in [9.17, 15) is 4.79 Å². The number of hydrogen-bond donors (Lipinski definition) is 0. The smallest absolute Gasteiger partial charge is 0.166 e. The second-order valence-electron chi connectivity index (χ2n) is 5.80. The molecule has 0 atom stereocenters. The lowest BCUT2D eigenvalue weighted by Crippen LogP contribution is -2.42. The molecule has 1 saturated carbocycles. The molecular weight excluding hydrogens is 222 g/mol. The predicted octanol–water partition coefficient (Wildman–Crippen LogP) is 3.66. The van der Waals surface area contributed by atoms with Crippen molar-refractivity contribution in [3.8, 4) is 0 Å². The number of rotatable bonds is 1. The fourth-order valence-corrected chi connectivity index (χ4v) is 3.37. The Hall–Kier alpha value is -1.31. The van der Waals surface area contributed by atoms with E-state index in [0.717, 1.165) is 18.0 Å². The largest absolute Gasteiger partial charge is 0.368 e. The molecule has 1 aliphatic heterocycles. The Balaban J connectivity index is 1.86. The second kappa shape index (κ2) is 4.75. The van der Waals surface area contributed by atoms with Gasteiger partial charge in [-0.15, -0.1) is 0 Å². The van der Waals surface area contributed by atoms with E-state index in [1.165, 1.54) is 31.4 Å². The van der Waals surface area contributed by atoms with Crippen molar-refractivity contribution in [2.24, 2.45) is 5.92 Å². The van der Waals surface area contributed by atoms with Crippen LogP contribution in [-0.2, 0) is 0 Å². The van der Waals surface area contributed by atoms with Crippen LogP contribution in [0.4, 0.5) is 5.69 Å². The van der Waals surface area contributed by atoms with Crippen molar-refractivity contribution in [2.75, 3.05) is 11.4 Å². The molecule has 2 nitrogen and oxygen atoms in total. The lowest BCUT2D eigenvalue weighted by atomic mass is 9.85. The van der Waals surface area contributed by atoms with E-state index in [4.69, 9.17) is 0 Å². The average Bonchev–Trinajstić information content (AvgIpc) is 2.41. The molecule has 0 radical (unpaired) electrons. The highest BCUT2D eigenvalue weighted by atomic mass is 16.1. The lowest BCUT2D eigenvalue weighted by Gasteiger charge is -2.40. The van der Waals surface area contributed by atoms with Gasteiger partial charge in [0.2, 0.25) is 0 Å². The third-order valence-electron chi connectivity index (χ3n) is 4.52. The number of carbonyl (C=O) groups excluding carboxylic acids is 1. The molecule has 0 unspecified atom stereocenters. The summed E-state index contributed by atoms with van der Waals surface area (Å²) < 4.78 is 0. The third-order valence-corrected chi connectivity index (χ3v) is 4.52. The van der Waals surface area contributed by atoms with Crippen LogP contribution in [0.25, 0.3) is 0 Å². The van der Waals surface area contributed by atoms with Gasteiger partial charge in [-0.2, -0.15) is 0 Å². The summed E-state index contributed by atoms with van der Waals surface area (Å²) in [5, 5.41) is 0. The molecule has 1 heterocycles. The first-order chi connectivity index (χ1) is 8.75. The van der Waals surface area contributed by atoms with Crippen molar-refractivity contribution >= 4 is 11.5 Å². The minimum atomic E-state index is 0.311. The summed E-state index contributed by atoms with van der Waals surface area (Å²) in [6.45, 7) is 3.26. The van der Waals surface area contributed by atoms with Crippen LogP contribution in [0.5, 0.6) is 0 Å². The zero-order valence-electron chi connectivity index (χ0n) is 11.1. The van der Waals surface area contributed by atoms with Gasteiger partial charge in [-0.25, -0.2) is 0 Å². The molecule has 1 aliphatic carbocycles. The zero-order valence-corrected chi connectivity index (χ0v) is 11.1. The number of Topliss-reactive ketones (excluding diaryl/α,β-unsaturated/α-hetero) is 1. The number of hydrogen-bond acceptors (Lipinski definition) is 2. The lowest BCUT2D eigenvalue weighted by molar-refractivity contribution is 0.0977. The summed E-state index contributed by atoms with van der Waals surface area (Å²) in [6, 6.07) is 8.77. The molecule has 0 aromatic heterocycles. The highest BCUT2D eigenvalue weighted by molar-refractivity contribution is 6.03. The van der Waals surface area contributed by atoms with Crippen LogP contribution in [0.3, 0.4) is 0 Å². The van der Waals surface area contributed by atoms with Crippen LogP contribution < -0.4 is 4.90 Å². The van der Waals surface area contributed by atoms with Crippen LogP contribution in [0, 0.1) is 5.92 Å². The molecule has 96 valence electrons. The first kappa shape index (κ1) is 11.8. The highest BCUT2D eigenvalue weighted by Gasteiger charge is 2.29. The molecule has 0 spiro atoms. The van der Waals surface area contributed by atoms with Gasteiger partial charge in [-0.3, -0.25) is 4.79 Å². The molecule has 1 fully saturated rings. The van der Waals surface area contributed by atoms with Crippen molar-refractivity contribution in [1.29, 1.82) is 0 Å². The molecule has 2 aliphatic rings. The fraction of sp³-hybridized carbons (Fsp3) is 0.562. The number of anilines is 1. The Labute approximate surface area is 109 Å². The molecule has 2 heteroatoms. The van der Waals surface area contributed by atoms with E-state index >= 15 is 0 Å². The average molecular weight is 243 g/mol. The van der Waals surface area contributed by atoms with Gasteiger partial charge >= 0.3 is 0 Å². The SMILES string of the molecule is CC1CCC(N2CCC(=O)c3ccccc32)CC1. The molecular formula is C16H21NO. The Bertz CT molecular complexity index is 446. The number of fused-ring (bicyclic) bond motifs is 1. The molecule has 0 N–H and O–H groups in total. The van der Waals surface area contributed by atoms with E-state index in [-0.39, 0.29) is 0 Å². The van der Waals surface area contributed by atoms with E-state index in [2.05, 4.69) is 24.0 Å². The quantitative estimate of drug-likeness (QED) is 0.750. The minimum Gasteiger partial charge on any atom is -0.368 e. The third kappa shape index (κ3) is 2.05. The van der Waals surface area contributed by atoms with Crippen LogP contribution in [0.15, 0.2) is 24.3 Å². The van der Waals surface area contributed by atoms with Crippen molar-refractivity contribution in [1.82, 2.24) is 0 Å². The van der Waals surface area contributed by atoms with Crippen LogP contribution in [-0.4, -0.2) is 18.4 Å². The Morgan fingerprint density at radius 3 is 2.61 bits per heavy atom. The monoisotopic (exact) mass is 243 g/mol. The van der Waals surface area contributed by atoms with E-state index in [0.29, 0.717) is 18.2 Å². The van der Waals surface area contributed by atoms with Gasteiger partial charge in [0.05, 0.1) is 0 Å². The summed E-state index contributed by atoms with van der Waals surface area (Å²) >= 11 is 0. The van der Waals surface area contributed by atoms with Gasteiger partial charge in [-0.05, 0) is 43.7 Å². The Morgan fingerprint density at radius 2 is 1.83 bits per heavy atom. The minimum absolute atomic E-state index is 0.311. The summed E-state index contributed by atoms with van der Waals surface area (Å²) in [4.78, 5) is 14.4. The normalized spacial score (nSPS) is 28.1. The van der Waals surface area contributed by atoms with Crippen LogP contribution >= 0.6 is 0 Å². The van der Waals surface area contributed by atoms with Gasteiger partial charge in [-0.1, -0.05) is 19.1 Å². The van der Waals surface area contributed by atoms with E-state index in [1.54, 1.807) is 0 Å². The van der Waals surface area contributed by atoms with Crippen molar-refractivity contribution in [3.05, 3.63) is 29.8 Å². The van der Waals surface area contributed by atoms with Crippen molar-refractivity contribution in [2.45, 2.75) is 45.1 Å². The molecule has 0 amide bonds. The maximum absolute atomic E-state index is 11.9. The van der Waals surface area contributed by atoms with E-state index < -0.39 is 0 Å². The van der Waals surface area contributed by atoms with Gasteiger partial charge in [0.15, 0.2) is 5.78 Å². The summed E-state index contributed by atoms with van der Waals surface area (Å²) in [5.74, 6) is 1.19. The molecule has 1 aromatic rings. The maximum Gasteiger partial charge on any atom is 0.166 e. The standard InChI is InChI=1S/C16H21NO/c1-12-6-8-13(9-7-12)17-11-10-16(18)14-4-2-3-5-15(14)17/h2-5,12-13H,6-11H2,1H3. The summed E-state index contributed by atoms with van der Waals surface area (Å²) in [6.07, 6.45) is 5.91. The number of benzene rings is 1. The van der Waals surface area contributed by atoms with Gasteiger partial charge in [0.25, 0.3) is 0 Å². The predicted molar refractivity (Wildman–Crippen MR) is 74.2 cm³/mol. The molecule has 1 aromatic carbocycles. The maximum atomic E-state index is 11.9. The molecule has 0 bridgehead atoms. The fourth-order valence-electron chi connectivity index (χ4n) is 3.37. The van der Waals surface area contributed by atoms with Crippen LogP contribution in [0.2, 0.25) is 0 Å². The number of ketones is 1. The van der Waals surface area contributed by atoms with Gasteiger partial charge in [0, 0.05) is 30.3 Å². The van der Waals surface area contributed by atoms with E-state index in [1.807, 2.05) is 12.1 Å². The number of para-hydroxylation sites is 1. The summed E-state index contributed by atoms with van der Waals surface area (Å²) in [7, 11) is 0. The zero-order chi connectivity index (χ0) is 12.5. The van der Waals surface area contributed by atoms with Crippen molar-refractivity contribution in [3.63, 3.8) is 0 Å². The number of nitrogens with zero attached hydrogens (tertiary/aromatic N) is 1. The Morgan fingerprint density at radius 1 is 1.11 bits per heavy atom. The Kier molecular flexibility index (Phi) is 3.11. The summed E-state index contributed by atoms with van der Waals surface area (Å²) in [5.41, 5.74) is 2.11. The first-order valence-corrected chi connectivity index (χ1v) is 7.14. The highest BCUT2D eigenvalue weighted by Crippen LogP contribution is 2.34. The second-order valence-corrected chi connectivity index (χ2v) is 5.80. The molecule has 0 saturated heterocycles. The number of carbonyl (C=O) groups is 1. The topological polar surface area (TPSA) is 20.3 Å². The van der Waals surface area contributed by atoms with Gasteiger partial charge in [0.1, 0.15) is 0 Å².